The Morgan fingerprint density at radius 1 is 1.33 bits per heavy atom. The molecule has 1 aromatic rings. The Bertz CT molecular complexity index is 602. The lowest BCUT2D eigenvalue weighted by Crippen LogP contribution is -2.45. The molecule has 0 radical (unpaired) electrons. The van der Waals surface area contributed by atoms with Crippen LogP contribution in [0.4, 0.5) is 0 Å². The van der Waals surface area contributed by atoms with Gasteiger partial charge in [0.2, 0.25) is 5.78 Å². The molecular weight excluding hydrogens is 276 g/mol. The molecule has 1 aliphatic rings. The van der Waals surface area contributed by atoms with Crippen LogP contribution in [0.3, 0.4) is 0 Å². The Morgan fingerprint density at radius 3 is 2.67 bits per heavy atom. The summed E-state index contributed by atoms with van der Waals surface area (Å²) in [5.74, 6) is -2.17. The fraction of sp³-hybridized carbons (Fsp3) is 0.333. The second kappa shape index (κ2) is 5.67. The van der Waals surface area contributed by atoms with E-state index in [4.69, 9.17) is 9.47 Å². The number of phenols is 2. The largest absolute Gasteiger partial charge is 0.504 e. The van der Waals surface area contributed by atoms with Crippen molar-refractivity contribution in [1.29, 1.82) is 0 Å². The highest BCUT2D eigenvalue weighted by Gasteiger charge is 2.36. The number of aromatic hydroxyl groups is 2. The number of hydrogen-bond acceptors (Lipinski definition) is 6. The van der Waals surface area contributed by atoms with Crippen molar-refractivity contribution >= 4 is 18.1 Å². The molecule has 1 unspecified atom stereocenters. The molecular formula is C15H16O6. The van der Waals surface area contributed by atoms with E-state index in [0.717, 1.165) is 0 Å². The molecule has 6 heteroatoms. The Hall–Kier alpha value is -2.18. The van der Waals surface area contributed by atoms with Crippen molar-refractivity contribution in [2.45, 2.75) is 25.7 Å². The van der Waals surface area contributed by atoms with E-state index >= 15 is 0 Å². The van der Waals surface area contributed by atoms with Gasteiger partial charge in [0, 0.05) is 0 Å². The zero-order valence-corrected chi connectivity index (χ0v) is 11.7. The number of benzene rings is 1. The van der Waals surface area contributed by atoms with E-state index in [0.29, 0.717) is 11.1 Å². The Kier molecular flexibility index (Phi) is 4.11. The van der Waals surface area contributed by atoms with E-state index in [2.05, 4.69) is 0 Å². The van der Waals surface area contributed by atoms with Crippen molar-refractivity contribution in [2.75, 3.05) is 6.61 Å². The molecule has 0 aliphatic carbocycles. The van der Waals surface area contributed by atoms with Crippen LogP contribution in [-0.2, 0) is 19.1 Å². The Morgan fingerprint density at radius 2 is 2.05 bits per heavy atom. The van der Waals surface area contributed by atoms with Gasteiger partial charge >= 0.3 is 0 Å². The van der Waals surface area contributed by atoms with Crippen molar-refractivity contribution in [3.63, 3.8) is 0 Å². The van der Waals surface area contributed by atoms with Gasteiger partial charge in [-0.15, -0.1) is 0 Å². The summed E-state index contributed by atoms with van der Waals surface area (Å²) in [6, 6.07) is 4.22. The summed E-state index contributed by atoms with van der Waals surface area (Å²) in [6.45, 7) is 3.43. The maximum atomic E-state index is 11.7. The third-order valence-electron chi connectivity index (χ3n) is 3.05. The lowest BCUT2D eigenvalue weighted by molar-refractivity contribution is -0.246. The highest BCUT2D eigenvalue weighted by Crippen LogP contribution is 2.30. The van der Waals surface area contributed by atoms with Crippen molar-refractivity contribution in [3.8, 4) is 11.5 Å². The zero-order valence-electron chi connectivity index (χ0n) is 11.7. The van der Waals surface area contributed by atoms with Gasteiger partial charge in [-0.2, -0.15) is 0 Å². The monoisotopic (exact) mass is 292 g/mol. The fourth-order valence-electron chi connectivity index (χ4n) is 1.99. The molecule has 2 rings (SSSR count). The number of carbonyl (C=O) groups is 2. The smallest absolute Gasteiger partial charge is 0.228 e. The van der Waals surface area contributed by atoms with Gasteiger partial charge in [0.05, 0.1) is 6.61 Å². The average molecular weight is 292 g/mol. The second-order valence-corrected chi connectivity index (χ2v) is 5.17. The number of ether oxygens (including phenoxy) is 2. The molecule has 0 amide bonds. The van der Waals surface area contributed by atoms with Gasteiger partial charge in [-0.3, -0.25) is 9.59 Å². The molecule has 0 aromatic heterocycles. The lowest BCUT2D eigenvalue weighted by atomic mass is 10.0. The summed E-state index contributed by atoms with van der Waals surface area (Å²) in [7, 11) is 0. The molecule has 6 nitrogen and oxygen atoms in total. The summed E-state index contributed by atoms with van der Waals surface area (Å²) in [6.07, 6.45) is 0.788. The van der Waals surface area contributed by atoms with Crippen LogP contribution in [0, 0.1) is 0 Å². The molecule has 0 bridgehead atoms. The summed E-state index contributed by atoms with van der Waals surface area (Å²) < 4.78 is 10.9. The molecule has 21 heavy (non-hydrogen) atoms. The van der Waals surface area contributed by atoms with Crippen LogP contribution in [-0.4, -0.2) is 40.8 Å². The van der Waals surface area contributed by atoms with E-state index in [1.807, 2.05) is 0 Å². The number of rotatable bonds is 3. The van der Waals surface area contributed by atoms with E-state index in [1.54, 1.807) is 26.0 Å². The van der Waals surface area contributed by atoms with Gasteiger partial charge in [0.25, 0.3) is 0 Å². The van der Waals surface area contributed by atoms with E-state index in [-0.39, 0.29) is 24.4 Å². The minimum absolute atomic E-state index is 0.124. The van der Waals surface area contributed by atoms with Crippen molar-refractivity contribution in [1.82, 2.24) is 0 Å². The number of hydrogen-bond donors (Lipinski definition) is 2. The first-order valence-corrected chi connectivity index (χ1v) is 6.35. The highest BCUT2D eigenvalue weighted by atomic mass is 16.7. The topological polar surface area (TPSA) is 93.1 Å². The minimum atomic E-state index is -1.01. The van der Waals surface area contributed by atoms with Crippen molar-refractivity contribution in [3.05, 3.63) is 29.3 Å². The van der Waals surface area contributed by atoms with Gasteiger partial charge in [0.15, 0.2) is 29.7 Å². The predicted molar refractivity (Wildman–Crippen MR) is 73.7 cm³/mol. The molecule has 2 N–H and O–H groups in total. The van der Waals surface area contributed by atoms with E-state index < -0.39 is 17.7 Å². The van der Waals surface area contributed by atoms with Crippen LogP contribution in [0.2, 0.25) is 0 Å². The number of aldehydes is 1. The molecule has 1 aromatic carbocycles. The quantitative estimate of drug-likeness (QED) is 0.497. The van der Waals surface area contributed by atoms with E-state index in [1.165, 1.54) is 12.1 Å². The SMILES string of the molecule is CC1(C)OCC(=Cc2ccc(O)c(O)c2)C(C(=O)C=O)O1. The number of phenolic OH excluding ortho intramolecular Hbond substituents is 2. The average Bonchev–Trinajstić information content (AvgIpc) is 2.43. The van der Waals surface area contributed by atoms with Crippen LogP contribution in [0.25, 0.3) is 6.08 Å². The zero-order chi connectivity index (χ0) is 15.6. The molecule has 0 spiro atoms. The molecule has 1 fully saturated rings. The summed E-state index contributed by atoms with van der Waals surface area (Å²) >= 11 is 0. The first kappa shape index (κ1) is 15.2. The van der Waals surface area contributed by atoms with Crippen LogP contribution in [0.15, 0.2) is 23.8 Å². The molecule has 0 saturated carbocycles. The van der Waals surface area contributed by atoms with E-state index in [9.17, 15) is 19.8 Å². The van der Waals surface area contributed by atoms with Gasteiger partial charge < -0.3 is 19.7 Å². The van der Waals surface area contributed by atoms with Crippen LogP contribution in [0.1, 0.15) is 19.4 Å². The summed E-state index contributed by atoms with van der Waals surface area (Å²) in [4.78, 5) is 22.4. The van der Waals surface area contributed by atoms with Crippen LogP contribution < -0.4 is 0 Å². The number of Topliss-reactive ketones (excluding diaryl/α,β-unsaturated/α-hetero) is 1. The molecule has 112 valence electrons. The molecule has 1 saturated heterocycles. The lowest BCUT2D eigenvalue weighted by Gasteiger charge is -2.36. The normalized spacial score (nSPS) is 23.0. The van der Waals surface area contributed by atoms with Gasteiger partial charge in [-0.05, 0) is 37.1 Å². The highest BCUT2D eigenvalue weighted by molar-refractivity contribution is 6.28. The minimum Gasteiger partial charge on any atom is -0.504 e. The number of carbonyl (C=O) groups excluding carboxylic acids is 2. The molecule has 1 atom stereocenters. The molecule has 1 aliphatic heterocycles. The van der Waals surface area contributed by atoms with Crippen molar-refractivity contribution < 1.29 is 29.3 Å². The maximum Gasteiger partial charge on any atom is 0.228 e. The van der Waals surface area contributed by atoms with Gasteiger partial charge in [-0.25, -0.2) is 0 Å². The van der Waals surface area contributed by atoms with Crippen LogP contribution >= 0.6 is 0 Å². The number of ketones is 1. The maximum absolute atomic E-state index is 11.7. The Labute approximate surface area is 121 Å². The Balaban J connectivity index is 2.34. The molecule has 1 heterocycles. The predicted octanol–water partition coefficient (Wildman–Crippen LogP) is 1.40. The third kappa shape index (κ3) is 3.48. The van der Waals surface area contributed by atoms with Crippen molar-refractivity contribution in [2.24, 2.45) is 0 Å². The standard InChI is InChI=1S/C15H16O6/c1-15(2)20-8-10(14(21-15)13(19)7-16)5-9-3-4-11(17)12(18)6-9/h3-7,14,17-18H,8H2,1-2H3. The van der Waals surface area contributed by atoms with Gasteiger partial charge in [-0.1, -0.05) is 12.1 Å². The van der Waals surface area contributed by atoms with Crippen LogP contribution in [0.5, 0.6) is 11.5 Å². The summed E-state index contributed by atoms with van der Waals surface area (Å²) in [5, 5.41) is 18.7. The first-order chi connectivity index (χ1) is 9.82. The second-order valence-electron chi connectivity index (χ2n) is 5.17. The third-order valence-corrected chi connectivity index (χ3v) is 3.05. The fourth-order valence-corrected chi connectivity index (χ4v) is 1.99. The first-order valence-electron chi connectivity index (χ1n) is 6.35. The van der Waals surface area contributed by atoms with Gasteiger partial charge in [0.1, 0.15) is 0 Å². The summed E-state index contributed by atoms with van der Waals surface area (Å²) in [5.41, 5.74) is 1.02.